The Morgan fingerprint density at radius 3 is 2.74 bits per heavy atom. The summed E-state index contributed by atoms with van der Waals surface area (Å²) in [5.41, 5.74) is 0. The predicted molar refractivity (Wildman–Crippen MR) is 70.4 cm³/mol. The molecule has 1 aromatic carbocycles. The van der Waals surface area contributed by atoms with E-state index in [-0.39, 0.29) is 6.61 Å². The number of para-hydroxylation sites is 1. The molecule has 0 saturated heterocycles. The van der Waals surface area contributed by atoms with Gasteiger partial charge in [-0.3, -0.25) is 4.79 Å². The fraction of sp³-hybridized carbons (Fsp3) is 0.214. The van der Waals surface area contributed by atoms with Gasteiger partial charge in [0.15, 0.2) is 0 Å². The third-order valence-corrected chi connectivity index (χ3v) is 2.93. The van der Waals surface area contributed by atoms with Crippen LogP contribution in [0.4, 0.5) is 0 Å². The second-order valence-corrected chi connectivity index (χ2v) is 4.24. The first-order valence-electron chi connectivity index (χ1n) is 5.71. The molecule has 0 fully saturated rings. The molecule has 1 heterocycles. The van der Waals surface area contributed by atoms with Crippen LogP contribution in [0.1, 0.15) is 11.7 Å². The van der Waals surface area contributed by atoms with Crippen molar-refractivity contribution < 1.29 is 18.7 Å². The Morgan fingerprint density at radius 2 is 2.11 bits per heavy atom. The maximum atomic E-state index is 11.7. The maximum absolute atomic E-state index is 11.7. The lowest BCUT2D eigenvalue weighted by Crippen LogP contribution is -2.20. The molecule has 0 radical (unpaired) electrons. The summed E-state index contributed by atoms with van der Waals surface area (Å²) in [6, 6.07) is 10.5. The highest BCUT2D eigenvalue weighted by molar-refractivity contribution is 6.32. The van der Waals surface area contributed by atoms with Crippen molar-refractivity contribution in [1.29, 1.82) is 0 Å². The number of hydrogen-bond acceptors (Lipinski definition) is 4. The predicted octanol–water partition coefficient (Wildman–Crippen LogP) is 3.27. The minimum Gasteiger partial charge on any atom is -0.491 e. The van der Waals surface area contributed by atoms with Crippen molar-refractivity contribution in [3.8, 4) is 5.75 Å². The van der Waals surface area contributed by atoms with E-state index in [9.17, 15) is 4.79 Å². The molecular formula is C14H13ClO4. The highest BCUT2D eigenvalue weighted by Crippen LogP contribution is 2.26. The molecule has 0 bridgehead atoms. The van der Waals surface area contributed by atoms with Crippen LogP contribution in [-0.2, 0) is 9.53 Å². The van der Waals surface area contributed by atoms with Crippen molar-refractivity contribution in [2.45, 2.75) is 5.92 Å². The van der Waals surface area contributed by atoms with E-state index in [4.69, 9.17) is 25.5 Å². The summed E-state index contributed by atoms with van der Waals surface area (Å²) in [5, 5.41) is 0.491. The summed E-state index contributed by atoms with van der Waals surface area (Å²) in [5.74, 6) is -0.0122. The van der Waals surface area contributed by atoms with Gasteiger partial charge in [-0.2, -0.15) is 0 Å². The SMILES string of the molecule is COC(=O)C(COc1ccccc1Cl)c1ccco1. The first-order chi connectivity index (χ1) is 9.22. The molecule has 2 rings (SSSR count). The Balaban J connectivity index is 2.10. The van der Waals surface area contributed by atoms with Crippen molar-refractivity contribution >= 4 is 17.6 Å². The quantitative estimate of drug-likeness (QED) is 0.789. The lowest BCUT2D eigenvalue weighted by Gasteiger charge is -2.14. The van der Waals surface area contributed by atoms with Crippen molar-refractivity contribution in [3.05, 3.63) is 53.4 Å². The molecule has 0 saturated carbocycles. The van der Waals surface area contributed by atoms with Gasteiger partial charge in [0.05, 0.1) is 18.4 Å². The van der Waals surface area contributed by atoms with Crippen LogP contribution in [0.5, 0.6) is 5.75 Å². The molecule has 4 nitrogen and oxygen atoms in total. The zero-order valence-electron chi connectivity index (χ0n) is 10.3. The van der Waals surface area contributed by atoms with Crippen LogP contribution < -0.4 is 4.74 Å². The smallest absolute Gasteiger partial charge is 0.319 e. The highest BCUT2D eigenvalue weighted by atomic mass is 35.5. The first kappa shape index (κ1) is 13.5. The average molecular weight is 281 g/mol. The minimum absolute atomic E-state index is 0.101. The van der Waals surface area contributed by atoms with Gasteiger partial charge >= 0.3 is 5.97 Å². The van der Waals surface area contributed by atoms with Gasteiger partial charge in [0.1, 0.15) is 24.0 Å². The zero-order chi connectivity index (χ0) is 13.7. The third-order valence-electron chi connectivity index (χ3n) is 2.61. The standard InChI is InChI=1S/C14H13ClO4/c1-17-14(16)10(12-7-4-8-18-12)9-19-13-6-3-2-5-11(13)15/h2-8,10H,9H2,1H3. The van der Waals surface area contributed by atoms with Crippen LogP contribution in [0, 0.1) is 0 Å². The lowest BCUT2D eigenvalue weighted by atomic mass is 10.1. The summed E-state index contributed by atoms with van der Waals surface area (Å²) in [4.78, 5) is 11.7. The Hall–Kier alpha value is -1.94. The molecule has 0 amide bonds. The normalized spacial score (nSPS) is 11.9. The maximum Gasteiger partial charge on any atom is 0.319 e. The molecule has 19 heavy (non-hydrogen) atoms. The van der Waals surface area contributed by atoms with E-state index in [1.54, 1.807) is 36.4 Å². The molecule has 0 aliphatic carbocycles. The van der Waals surface area contributed by atoms with E-state index in [1.807, 2.05) is 0 Å². The number of furan rings is 1. The van der Waals surface area contributed by atoms with Gasteiger partial charge in [-0.05, 0) is 24.3 Å². The highest BCUT2D eigenvalue weighted by Gasteiger charge is 2.25. The van der Waals surface area contributed by atoms with Crippen molar-refractivity contribution in [2.24, 2.45) is 0 Å². The lowest BCUT2D eigenvalue weighted by molar-refractivity contribution is -0.143. The van der Waals surface area contributed by atoms with E-state index in [0.29, 0.717) is 16.5 Å². The Morgan fingerprint density at radius 1 is 1.32 bits per heavy atom. The van der Waals surface area contributed by atoms with Crippen LogP contribution in [-0.4, -0.2) is 19.7 Å². The second-order valence-electron chi connectivity index (χ2n) is 3.83. The van der Waals surface area contributed by atoms with E-state index >= 15 is 0 Å². The van der Waals surface area contributed by atoms with Crippen molar-refractivity contribution in [2.75, 3.05) is 13.7 Å². The van der Waals surface area contributed by atoms with Crippen molar-refractivity contribution in [1.82, 2.24) is 0 Å². The van der Waals surface area contributed by atoms with Crippen LogP contribution in [0.25, 0.3) is 0 Å². The largest absolute Gasteiger partial charge is 0.491 e. The molecule has 0 aliphatic heterocycles. The third kappa shape index (κ3) is 3.29. The number of ether oxygens (including phenoxy) is 2. The summed E-state index contributed by atoms with van der Waals surface area (Å²) >= 11 is 5.98. The number of carbonyl (C=O) groups excluding carboxylic acids is 1. The van der Waals surface area contributed by atoms with E-state index in [0.717, 1.165) is 0 Å². The van der Waals surface area contributed by atoms with E-state index in [2.05, 4.69) is 0 Å². The molecular weight excluding hydrogens is 268 g/mol. The number of benzene rings is 1. The van der Waals surface area contributed by atoms with Crippen LogP contribution in [0.15, 0.2) is 47.1 Å². The molecule has 0 spiro atoms. The van der Waals surface area contributed by atoms with Crippen LogP contribution >= 0.6 is 11.6 Å². The monoisotopic (exact) mass is 280 g/mol. The number of halogens is 1. The van der Waals surface area contributed by atoms with Gasteiger partial charge in [-0.15, -0.1) is 0 Å². The van der Waals surface area contributed by atoms with Crippen molar-refractivity contribution in [3.63, 3.8) is 0 Å². The minimum atomic E-state index is -0.615. The molecule has 0 aliphatic rings. The van der Waals surface area contributed by atoms with Gasteiger partial charge in [-0.1, -0.05) is 23.7 Å². The number of esters is 1. The van der Waals surface area contributed by atoms with Crippen LogP contribution in [0.3, 0.4) is 0 Å². The van der Waals surface area contributed by atoms with E-state index in [1.165, 1.54) is 13.4 Å². The molecule has 1 atom stereocenters. The Kier molecular flexibility index (Phi) is 4.47. The molecule has 5 heteroatoms. The van der Waals surface area contributed by atoms with Crippen LogP contribution in [0.2, 0.25) is 5.02 Å². The Labute approximate surface area is 115 Å². The van der Waals surface area contributed by atoms with Gasteiger partial charge in [-0.25, -0.2) is 0 Å². The summed E-state index contributed by atoms with van der Waals surface area (Å²) in [6.45, 7) is 0.101. The fourth-order valence-corrected chi connectivity index (χ4v) is 1.82. The second kappa shape index (κ2) is 6.29. The van der Waals surface area contributed by atoms with Gasteiger partial charge in [0.2, 0.25) is 0 Å². The molecule has 1 unspecified atom stereocenters. The topological polar surface area (TPSA) is 48.7 Å². The number of methoxy groups -OCH3 is 1. The average Bonchev–Trinajstić information content (AvgIpc) is 2.94. The summed E-state index contributed by atoms with van der Waals surface area (Å²) < 4.78 is 15.5. The van der Waals surface area contributed by atoms with Gasteiger partial charge in [0.25, 0.3) is 0 Å². The molecule has 0 N–H and O–H groups in total. The number of carbonyl (C=O) groups is 1. The van der Waals surface area contributed by atoms with Gasteiger partial charge < -0.3 is 13.9 Å². The Bertz CT molecular complexity index is 536. The molecule has 1 aromatic heterocycles. The summed E-state index contributed by atoms with van der Waals surface area (Å²) in [6.07, 6.45) is 1.50. The zero-order valence-corrected chi connectivity index (χ0v) is 11.1. The first-order valence-corrected chi connectivity index (χ1v) is 6.08. The van der Waals surface area contributed by atoms with E-state index < -0.39 is 11.9 Å². The molecule has 2 aromatic rings. The fourth-order valence-electron chi connectivity index (χ4n) is 1.63. The number of hydrogen-bond donors (Lipinski definition) is 0. The summed E-state index contributed by atoms with van der Waals surface area (Å²) in [7, 11) is 1.33. The number of rotatable bonds is 5. The van der Waals surface area contributed by atoms with Gasteiger partial charge in [0, 0.05) is 0 Å². The molecule has 100 valence electrons.